The summed E-state index contributed by atoms with van der Waals surface area (Å²) in [6.45, 7) is 4.27. The molecule has 0 bridgehead atoms. The van der Waals surface area contributed by atoms with Gasteiger partial charge < -0.3 is 30.2 Å². The van der Waals surface area contributed by atoms with Gasteiger partial charge in [-0.2, -0.15) is 0 Å². The quantitative estimate of drug-likeness (QED) is 0.447. The van der Waals surface area contributed by atoms with E-state index in [1.165, 1.54) is 11.3 Å². The molecule has 1 unspecified atom stereocenters. The molecule has 1 aromatic carbocycles. The number of aromatic nitrogens is 2. The topological polar surface area (TPSA) is 114 Å². The lowest BCUT2D eigenvalue weighted by molar-refractivity contribution is 0.00331. The zero-order chi connectivity index (χ0) is 20.0. The maximum absolute atomic E-state index is 13.0. The lowest BCUT2D eigenvalue weighted by atomic mass is 10.1. The van der Waals surface area contributed by atoms with Gasteiger partial charge in [-0.3, -0.25) is 14.9 Å². The number of hydrogen-bond acceptors (Lipinski definition) is 7. The van der Waals surface area contributed by atoms with Gasteiger partial charge in [0.05, 0.1) is 36.1 Å². The first-order valence-electron chi connectivity index (χ1n) is 9.57. The number of benzene rings is 1. The van der Waals surface area contributed by atoms with Gasteiger partial charge in [0.2, 0.25) is 0 Å². The summed E-state index contributed by atoms with van der Waals surface area (Å²) < 4.78 is 6.34. The van der Waals surface area contributed by atoms with Crippen molar-refractivity contribution in [2.75, 3.05) is 37.1 Å². The zero-order valence-corrected chi connectivity index (χ0v) is 16.7. The van der Waals surface area contributed by atoms with E-state index in [1.54, 1.807) is 0 Å². The van der Waals surface area contributed by atoms with E-state index in [9.17, 15) is 9.59 Å². The normalized spacial score (nSPS) is 21.6. The number of carbonyl (C=O) groups excluding carboxylic acids is 1. The van der Waals surface area contributed by atoms with Crippen molar-refractivity contribution in [1.82, 2.24) is 20.2 Å². The molecule has 1 amide bonds. The standard InChI is InChI=1S/C19H22N6O3S/c1-10-8-28-5-4-25(10)18(26)14-7-12-16(20-9-21-17(12)23-14)22-11-2-3-13-15(6-11)29-19(27)24-13/h2-3,6-7,10,16,20-23H,4-5,8-9H2,1H3,(H,24,27)/t10-,16?/m1/s1. The van der Waals surface area contributed by atoms with Crippen molar-refractivity contribution in [2.24, 2.45) is 0 Å². The molecule has 0 radical (unpaired) electrons. The number of hydrogen-bond donors (Lipinski definition) is 5. The lowest BCUT2D eigenvalue weighted by Gasteiger charge is -2.32. The van der Waals surface area contributed by atoms with Crippen molar-refractivity contribution in [3.05, 3.63) is 45.2 Å². The molecule has 0 aliphatic carbocycles. The van der Waals surface area contributed by atoms with E-state index >= 15 is 0 Å². The molecule has 3 aromatic rings. The van der Waals surface area contributed by atoms with Crippen molar-refractivity contribution < 1.29 is 9.53 Å². The third-order valence-corrected chi connectivity index (χ3v) is 6.17. The molecule has 5 rings (SSSR count). The summed E-state index contributed by atoms with van der Waals surface area (Å²) in [5.41, 5.74) is 3.24. The predicted molar refractivity (Wildman–Crippen MR) is 113 cm³/mol. The summed E-state index contributed by atoms with van der Waals surface area (Å²) in [6, 6.07) is 7.72. The van der Waals surface area contributed by atoms with Crippen LogP contribution in [0.3, 0.4) is 0 Å². The third-order valence-electron chi connectivity index (χ3n) is 5.32. The maximum atomic E-state index is 13.0. The van der Waals surface area contributed by atoms with Gasteiger partial charge in [-0.05, 0) is 31.2 Å². The Morgan fingerprint density at radius 1 is 1.31 bits per heavy atom. The molecule has 0 spiro atoms. The minimum absolute atomic E-state index is 0.0192. The Balaban J connectivity index is 1.40. The average Bonchev–Trinajstić information content (AvgIpc) is 3.31. The Morgan fingerprint density at radius 3 is 3.07 bits per heavy atom. The fourth-order valence-electron chi connectivity index (χ4n) is 3.83. The molecule has 2 aromatic heterocycles. The molecule has 1 fully saturated rings. The van der Waals surface area contributed by atoms with Crippen LogP contribution >= 0.6 is 11.3 Å². The SMILES string of the molecule is C[C@@H]1COCCN1C(=O)c1cc2c([nH]1)NCNC2Nc1ccc2[nH]c(=O)sc2c1. The van der Waals surface area contributed by atoms with Crippen molar-refractivity contribution in [2.45, 2.75) is 19.1 Å². The largest absolute Gasteiger partial charge is 0.377 e. The number of nitrogens with one attached hydrogen (secondary N) is 5. The van der Waals surface area contributed by atoms with Crippen molar-refractivity contribution in [3.8, 4) is 0 Å². The highest BCUT2D eigenvalue weighted by Gasteiger charge is 2.29. The highest BCUT2D eigenvalue weighted by atomic mass is 32.1. The number of amides is 1. The van der Waals surface area contributed by atoms with Crippen LogP contribution in [-0.4, -0.2) is 53.2 Å². The molecule has 2 aliphatic rings. The van der Waals surface area contributed by atoms with Crippen LogP contribution in [0.4, 0.5) is 11.5 Å². The molecule has 5 N–H and O–H groups in total. The van der Waals surface area contributed by atoms with Crippen LogP contribution in [0, 0.1) is 0 Å². The number of aromatic amines is 2. The average molecular weight is 414 g/mol. The Kier molecular flexibility index (Phi) is 4.53. The van der Waals surface area contributed by atoms with Crippen LogP contribution in [0.1, 0.15) is 29.1 Å². The first-order chi connectivity index (χ1) is 14.1. The number of morpholine rings is 1. The molecule has 0 saturated carbocycles. The number of thiazole rings is 1. The van der Waals surface area contributed by atoms with E-state index in [0.29, 0.717) is 32.1 Å². The number of nitrogens with zero attached hydrogens (tertiary/aromatic N) is 1. The number of H-pyrrole nitrogens is 2. The van der Waals surface area contributed by atoms with Gasteiger partial charge in [-0.15, -0.1) is 0 Å². The molecule has 2 atom stereocenters. The van der Waals surface area contributed by atoms with Crippen LogP contribution in [0.15, 0.2) is 29.1 Å². The number of fused-ring (bicyclic) bond motifs is 2. The van der Waals surface area contributed by atoms with E-state index in [2.05, 4.69) is 25.9 Å². The second-order valence-electron chi connectivity index (χ2n) is 7.30. The summed E-state index contributed by atoms with van der Waals surface area (Å²) in [7, 11) is 0. The summed E-state index contributed by atoms with van der Waals surface area (Å²) in [4.78, 5) is 32.4. The summed E-state index contributed by atoms with van der Waals surface area (Å²) in [5, 5.41) is 10.1. The van der Waals surface area contributed by atoms with Gasteiger partial charge in [0.15, 0.2) is 0 Å². The van der Waals surface area contributed by atoms with Crippen molar-refractivity contribution in [1.29, 1.82) is 0 Å². The number of anilines is 2. The fourth-order valence-corrected chi connectivity index (χ4v) is 4.60. The second-order valence-corrected chi connectivity index (χ2v) is 8.31. The molecular formula is C19H22N6O3S. The minimum atomic E-state index is -0.167. The summed E-state index contributed by atoms with van der Waals surface area (Å²) in [6.07, 6.45) is -0.167. The van der Waals surface area contributed by atoms with Crippen molar-refractivity contribution in [3.63, 3.8) is 0 Å². The van der Waals surface area contributed by atoms with E-state index < -0.39 is 0 Å². The monoisotopic (exact) mass is 414 g/mol. The smallest absolute Gasteiger partial charge is 0.305 e. The highest BCUT2D eigenvalue weighted by molar-refractivity contribution is 7.16. The van der Waals surface area contributed by atoms with Gasteiger partial charge >= 0.3 is 4.87 Å². The van der Waals surface area contributed by atoms with Crippen LogP contribution in [0.2, 0.25) is 0 Å². The summed E-state index contributed by atoms with van der Waals surface area (Å²) >= 11 is 1.19. The van der Waals surface area contributed by atoms with Crippen molar-refractivity contribution >= 4 is 39.0 Å². The Labute approximate surface area is 170 Å². The second kappa shape index (κ2) is 7.21. The van der Waals surface area contributed by atoms with Gasteiger partial charge in [-0.25, -0.2) is 0 Å². The summed E-state index contributed by atoms with van der Waals surface area (Å²) in [5.74, 6) is 0.812. The molecule has 10 heteroatoms. The highest BCUT2D eigenvalue weighted by Crippen LogP contribution is 2.30. The molecule has 29 heavy (non-hydrogen) atoms. The van der Waals surface area contributed by atoms with E-state index in [4.69, 9.17) is 4.74 Å². The zero-order valence-electron chi connectivity index (χ0n) is 15.9. The first kappa shape index (κ1) is 18.2. The van der Waals surface area contributed by atoms with Crippen LogP contribution in [0.25, 0.3) is 10.2 Å². The first-order valence-corrected chi connectivity index (χ1v) is 10.4. The predicted octanol–water partition coefficient (Wildman–Crippen LogP) is 1.86. The van der Waals surface area contributed by atoms with Crippen LogP contribution in [-0.2, 0) is 4.74 Å². The lowest BCUT2D eigenvalue weighted by Crippen LogP contribution is -2.47. The van der Waals surface area contributed by atoms with Gasteiger partial charge in [0.25, 0.3) is 5.91 Å². The Bertz CT molecular complexity index is 1120. The number of rotatable bonds is 3. The van der Waals surface area contributed by atoms with Gasteiger partial charge in [0, 0.05) is 17.8 Å². The Morgan fingerprint density at radius 2 is 2.21 bits per heavy atom. The molecule has 9 nitrogen and oxygen atoms in total. The van der Waals surface area contributed by atoms with Crippen LogP contribution in [0.5, 0.6) is 0 Å². The fraction of sp³-hybridized carbons (Fsp3) is 0.368. The molecule has 4 heterocycles. The van der Waals surface area contributed by atoms with Gasteiger partial charge in [-0.1, -0.05) is 11.3 Å². The molecule has 2 aliphatic heterocycles. The van der Waals surface area contributed by atoms with E-state index in [1.807, 2.05) is 36.1 Å². The maximum Gasteiger partial charge on any atom is 0.305 e. The minimum Gasteiger partial charge on any atom is -0.377 e. The van der Waals surface area contributed by atoms with E-state index in [0.717, 1.165) is 27.3 Å². The molecule has 152 valence electrons. The Hall–Kier alpha value is -2.82. The number of ether oxygens (including phenoxy) is 1. The molecule has 1 saturated heterocycles. The van der Waals surface area contributed by atoms with Crippen LogP contribution < -0.4 is 20.8 Å². The third kappa shape index (κ3) is 3.39. The molecular weight excluding hydrogens is 392 g/mol. The number of carbonyl (C=O) groups is 1. The van der Waals surface area contributed by atoms with Gasteiger partial charge in [0.1, 0.15) is 17.7 Å². The van der Waals surface area contributed by atoms with E-state index in [-0.39, 0.29) is 23.0 Å².